The molecular formula is C17H20N2O4S. The third kappa shape index (κ3) is 4.56. The molecule has 0 bridgehead atoms. The number of rotatable bonds is 6. The minimum Gasteiger partial charge on any atom is -0.394 e. The SMILES string of the molecule is Cc1ccc(S(=O)(=O)Nc2ccc(C(=O)NC(C)CO)cc2)cc1. The predicted molar refractivity (Wildman–Crippen MR) is 92.4 cm³/mol. The van der Waals surface area contributed by atoms with Crippen LogP contribution < -0.4 is 10.0 Å². The number of aliphatic hydroxyl groups excluding tert-OH is 1. The Morgan fingerprint density at radius 2 is 1.67 bits per heavy atom. The Morgan fingerprint density at radius 1 is 1.08 bits per heavy atom. The van der Waals surface area contributed by atoms with E-state index in [0.717, 1.165) is 5.56 Å². The summed E-state index contributed by atoms with van der Waals surface area (Å²) in [5.41, 5.74) is 1.72. The van der Waals surface area contributed by atoms with Crippen LogP contribution in [0.3, 0.4) is 0 Å². The Balaban J connectivity index is 2.11. The highest BCUT2D eigenvalue weighted by molar-refractivity contribution is 7.92. The summed E-state index contributed by atoms with van der Waals surface area (Å²) in [7, 11) is -3.67. The number of aryl methyl sites for hydroxylation is 1. The van der Waals surface area contributed by atoms with Crippen molar-refractivity contribution in [1.29, 1.82) is 0 Å². The van der Waals surface area contributed by atoms with Gasteiger partial charge in [0.1, 0.15) is 0 Å². The zero-order valence-corrected chi connectivity index (χ0v) is 14.3. The largest absolute Gasteiger partial charge is 0.394 e. The van der Waals surface area contributed by atoms with Gasteiger partial charge >= 0.3 is 0 Å². The van der Waals surface area contributed by atoms with E-state index in [4.69, 9.17) is 5.11 Å². The zero-order valence-electron chi connectivity index (χ0n) is 13.5. The molecule has 0 aromatic heterocycles. The molecular weight excluding hydrogens is 328 g/mol. The van der Waals surface area contributed by atoms with Crippen LogP contribution in [0, 0.1) is 6.92 Å². The second-order valence-corrected chi connectivity index (χ2v) is 7.24. The molecule has 0 aliphatic carbocycles. The van der Waals surface area contributed by atoms with Crippen molar-refractivity contribution in [3.63, 3.8) is 0 Å². The lowest BCUT2D eigenvalue weighted by atomic mass is 10.2. The van der Waals surface area contributed by atoms with Gasteiger partial charge in [-0.1, -0.05) is 17.7 Å². The monoisotopic (exact) mass is 348 g/mol. The third-order valence-corrected chi connectivity index (χ3v) is 4.78. The fourth-order valence-corrected chi connectivity index (χ4v) is 3.03. The van der Waals surface area contributed by atoms with Gasteiger partial charge in [-0.3, -0.25) is 9.52 Å². The number of hydrogen-bond acceptors (Lipinski definition) is 4. The molecule has 6 nitrogen and oxygen atoms in total. The Hall–Kier alpha value is -2.38. The number of carbonyl (C=O) groups excluding carboxylic acids is 1. The van der Waals surface area contributed by atoms with Gasteiger partial charge in [0.2, 0.25) is 0 Å². The van der Waals surface area contributed by atoms with Gasteiger partial charge in [0, 0.05) is 17.3 Å². The molecule has 0 radical (unpaired) electrons. The van der Waals surface area contributed by atoms with Crippen molar-refractivity contribution in [2.75, 3.05) is 11.3 Å². The lowest BCUT2D eigenvalue weighted by molar-refractivity contribution is 0.0922. The molecule has 0 aliphatic rings. The lowest BCUT2D eigenvalue weighted by Crippen LogP contribution is -2.34. The summed E-state index contributed by atoms with van der Waals surface area (Å²) in [4.78, 5) is 12.1. The van der Waals surface area contributed by atoms with Crippen LogP contribution in [-0.2, 0) is 10.0 Å². The molecule has 2 aromatic carbocycles. The quantitative estimate of drug-likeness (QED) is 0.743. The van der Waals surface area contributed by atoms with Crippen LogP contribution in [0.25, 0.3) is 0 Å². The highest BCUT2D eigenvalue weighted by atomic mass is 32.2. The van der Waals surface area contributed by atoms with Crippen LogP contribution in [-0.4, -0.2) is 32.1 Å². The number of aliphatic hydroxyl groups is 1. The number of sulfonamides is 1. The minimum atomic E-state index is -3.67. The molecule has 2 rings (SSSR count). The minimum absolute atomic E-state index is 0.153. The summed E-state index contributed by atoms with van der Waals surface area (Å²) in [6.45, 7) is 3.41. The molecule has 0 aliphatic heterocycles. The highest BCUT2D eigenvalue weighted by Crippen LogP contribution is 2.17. The molecule has 1 atom stereocenters. The van der Waals surface area contributed by atoms with Crippen molar-refractivity contribution in [2.45, 2.75) is 24.8 Å². The number of anilines is 1. The standard InChI is InChI=1S/C17H20N2O4S/c1-12-3-9-16(10-4-12)24(22,23)19-15-7-5-14(6-8-15)17(21)18-13(2)11-20/h3-10,13,19-20H,11H2,1-2H3,(H,18,21). The second-order valence-electron chi connectivity index (χ2n) is 5.55. The molecule has 1 amide bonds. The van der Waals surface area contributed by atoms with Crippen LogP contribution in [0.5, 0.6) is 0 Å². The summed E-state index contributed by atoms with van der Waals surface area (Å²) in [5.74, 6) is -0.329. The van der Waals surface area contributed by atoms with Gasteiger partial charge in [-0.25, -0.2) is 8.42 Å². The van der Waals surface area contributed by atoms with Crippen LogP contribution in [0.15, 0.2) is 53.4 Å². The van der Waals surface area contributed by atoms with Crippen LogP contribution >= 0.6 is 0 Å². The van der Waals surface area contributed by atoms with Crippen LogP contribution in [0.1, 0.15) is 22.8 Å². The number of benzene rings is 2. The number of nitrogens with one attached hydrogen (secondary N) is 2. The van der Waals surface area contributed by atoms with Gasteiger partial charge in [-0.2, -0.15) is 0 Å². The van der Waals surface area contributed by atoms with Crippen LogP contribution in [0.4, 0.5) is 5.69 Å². The van der Waals surface area contributed by atoms with E-state index in [1.165, 1.54) is 36.4 Å². The normalized spacial score (nSPS) is 12.5. The Kier molecular flexibility index (Phi) is 5.58. The first-order chi connectivity index (χ1) is 11.3. The molecule has 0 saturated carbocycles. The summed E-state index contributed by atoms with van der Waals surface area (Å²) >= 11 is 0. The van der Waals surface area contributed by atoms with Crippen molar-refractivity contribution in [1.82, 2.24) is 5.32 Å². The van der Waals surface area contributed by atoms with Crippen molar-refractivity contribution < 1.29 is 18.3 Å². The van der Waals surface area contributed by atoms with Crippen LogP contribution in [0.2, 0.25) is 0 Å². The smallest absolute Gasteiger partial charge is 0.261 e. The second kappa shape index (κ2) is 7.46. The Bertz CT molecular complexity index is 799. The topological polar surface area (TPSA) is 95.5 Å². The van der Waals surface area contributed by atoms with Gasteiger partial charge in [0.05, 0.1) is 11.5 Å². The maximum Gasteiger partial charge on any atom is 0.261 e. The van der Waals surface area contributed by atoms with Crippen molar-refractivity contribution in [3.8, 4) is 0 Å². The zero-order chi connectivity index (χ0) is 17.7. The summed E-state index contributed by atoms with van der Waals surface area (Å²) in [5, 5.41) is 11.6. The van der Waals surface area contributed by atoms with Gasteiger partial charge < -0.3 is 10.4 Å². The molecule has 128 valence electrons. The van der Waals surface area contributed by atoms with E-state index in [0.29, 0.717) is 11.3 Å². The summed E-state index contributed by atoms with van der Waals surface area (Å²) < 4.78 is 27.1. The average Bonchev–Trinajstić information content (AvgIpc) is 2.55. The fraction of sp³-hybridized carbons (Fsp3) is 0.235. The Labute approximate surface area is 141 Å². The van der Waals surface area contributed by atoms with Crippen molar-refractivity contribution in [2.24, 2.45) is 0 Å². The molecule has 0 saturated heterocycles. The van der Waals surface area contributed by atoms with E-state index >= 15 is 0 Å². The average molecular weight is 348 g/mol. The fourth-order valence-electron chi connectivity index (χ4n) is 1.97. The predicted octanol–water partition coefficient (Wildman–Crippen LogP) is 1.91. The molecule has 7 heteroatoms. The van der Waals surface area contributed by atoms with E-state index in [1.807, 2.05) is 6.92 Å². The molecule has 1 unspecified atom stereocenters. The van der Waals surface area contributed by atoms with E-state index in [-0.39, 0.29) is 23.5 Å². The number of hydrogen-bond donors (Lipinski definition) is 3. The van der Waals surface area contributed by atoms with Gasteiger partial charge in [0.25, 0.3) is 15.9 Å². The van der Waals surface area contributed by atoms with Gasteiger partial charge in [-0.05, 0) is 50.2 Å². The first kappa shape index (κ1) is 18.0. The van der Waals surface area contributed by atoms with E-state index in [9.17, 15) is 13.2 Å². The van der Waals surface area contributed by atoms with Gasteiger partial charge in [0.15, 0.2) is 0 Å². The molecule has 0 fully saturated rings. The van der Waals surface area contributed by atoms with E-state index in [1.54, 1.807) is 19.1 Å². The lowest BCUT2D eigenvalue weighted by Gasteiger charge is -2.12. The summed E-state index contributed by atoms with van der Waals surface area (Å²) in [6, 6.07) is 12.3. The van der Waals surface area contributed by atoms with E-state index < -0.39 is 10.0 Å². The summed E-state index contributed by atoms with van der Waals surface area (Å²) in [6.07, 6.45) is 0. The number of carbonyl (C=O) groups is 1. The molecule has 3 N–H and O–H groups in total. The van der Waals surface area contributed by atoms with Crippen molar-refractivity contribution in [3.05, 3.63) is 59.7 Å². The van der Waals surface area contributed by atoms with E-state index in [2.05, 4.69) is 10.0 Å². The molecule has 2 aromatic rings. The maximum atomic E-state index is 12.3. The Morgan fingerprint density at radius 3 is 2.21 bits per heavy atom. The van der Waals surface area contributed by atoms with Crippen molar-refractivity contribution >= 4 is 21.6 Å². The van der Waals surface area contributed by atoms with Gasteiger partial charge in [-0.15, -0.1) is 0 Å². The number of amides is 1. The molecule has 0 heterocycles. The first-order valence-corrected chi connectivity index (χ1v) is 8.91. The maximum absolute atomic E-state index is 12.3. The molecule has 0 spiro atoms. The molecule has 24 heavy (non-hydrogen) atoms. The highest BCUT2D eigenvalue weighted by Gasteiger charge is 2.14. The first-order valence-electron chi connectivity index (χ1n) is 7.43. The third-order valence-electron chi connectivity index (χ3n) is 3.38.